The third-order valence-corrected chi connectivity index (χ3v) is 6.33. The Balaban J connectivity index is 1.49. The molecule has 3 aromatic rings. The average molecular weight is 420 g/mol. The summed E-state index contributed by atoms with van der Waals surface area (Å²) < 4.78 is 33.0. The molecule has 0 unspecified atom stereocenters. The number of aliphatic hydroxyl groups excluding tert-OH is 1. The summed E-state index contributed by atoms with van der Waals surface area (Å²) in [7, 11) is -3.84. The van der Waals surface area contributed by atoms with Gasteiger partial charge < -0.3 is 9.84 Å². The highest BCUT2D eigenvalue weighted by molar-refractivity contribution is 8.00. The zero-order chi connectivity index (χ0) is 21.3. The molecule has 1 heterocycles. The van der Waals surface area contributed by atoms with Crippen LogP contribution in [0.5, 0.6) is 5.75 Å². The van der Waals surface area contributed by atoms with Crippen LogP contribution in [-0.4, -0.2) is 19.4 Å². The maximum absolute atomic E-state index is 11.9. The van der Waals surface area contributed by atoms with Gasteiger partial charge in [-0.15, -0.1) is 4.40 Å². The van der Waals surface area contributed by atoms with Crippen molar-refractivity contribution in [3.63, 3.8) is 0 Å². The van der Waals surface area contributed by atoms with E-state index >= 15 is 0 Å². The molecule has 0 radical (unpaired) electrons. The van der Waals surface area contributed by atoms with E-state index < -0.39 is 15.9 Å². The molecule has 1 aliphatic rings. The lowest BCUT2D eigenvalue weighted by atomic mass is 9.95. The van der Waals surface area contributed by atoms with Crippen molar-refractivity contribution in [2.75, 3.05) is 0 Å². The van der Waals surface area contributed by atoms with Crippen LogP contribution >= 0.6 is 0 Å². The Hall–Kier alpha value is -3.38. The highest BCUT2D eigenvalue weighted by Gasteiger charge is 2.25. The molecule has 1 aliphatic heterocycles. The molecule has 0 spiro atoms. The summed E-state index contributed by atoms with van der Waals surface area (Å²) in [5.41, 5.74) is 6.34. The Morgan fingerprint density at radius 3 is 2.20 bits per heavy atom. The van der Waals surface area contributed by atoms with Crippen molar-refractivity contribution in [1.82, 2.24) is 0 Å². The monoisotopic (exact) mass is 419 g/mol. The van der Waals surface area contributed by atoms with Crippen molar-refractivity contribution in [3.8, 4) is 16.9 Å². The van der Waals surface area contributed by atoms with Crippen LogP contribution in [0.4, 0.5) is 0 Å². The highest BCUT2D eigenvalue weighted by atomic mass is 32.2. The smallest absolute Gasteiger partial charge is 0.286 e. The molecule has 0 aliphatic carbocycles. The van der Waals surface area contributed by atoms with Gasteiger partial charge in [0, 0.05) is 6.08 Å². The second kappa shape index (κ2) is 7.80. The minimum Gasteiger partial charge on any atom is -0.493 e. The van der Waals surface area contributed by atoms with Crippen LogP contribution in [0.25, 0.3) is 16.0 Å². The predicted molar refractivity (Wildman–Crippen MR) is 119 cm³/mol. The fourth-order valence-electron chi connectivity index (χ4n) is 3.59. The molecule has 5 nitrogen and oxygen atoms in total. The summed E-state index contributed by atoms with van der Waals surface area (Å²) in [6.45, 7) is 4.61. The lowest BCUT2D eigenvalue weighted by Gasteiger charge is -2.12. The van der Waals surface area contributed by atoms with Crippen molar-refractivity contribution in [2.24, 2.45) is 4.40 Å². The molecule has 152 valence electrons. The molecular formula is C24H21NO4S. The number of ether oxygens (including phenoxy) is 1. The van der Waals surface area contributed by atoms with Gasteiger partial charge in [0.25, 0.3) is 10.0 Å². The minimum atomic E-state index is -3.84. The first-order valence-corrected chi connectivity index (χ1v) is 10.9. The second-order valence-electron chi connectivity index (χ2n) is 7.21. The fraction of sp³-hybridized carbons (Fsp3) is 0.125. The van der Waals surface area contributed by atoms with Crippen LogP contribution in [0.1, 0.15) is 22.3 Å². The van der Waals surface area contributed by atoms with Crippen molar-refractivity contribution in [2.45, 2.75) is 20.5 Å². The van der Waals surface area contributed by atoms with E-state index in [1.807, 2.05) is 12.1 Å². The van der Waals surface area contributed by atoms with Crippen molar-refractivity contribution in [3.05, 3.63) is 95.1 Å². The lowest BCUT2D eigenvalue weighted by molar-refractivity contribution is 0.306. The van der Waals surface area contributed by atoms with Crippen molar-refractivity contribution < 1.29 is 18.3 Å². The number of nitrogens with zero attached hydrogens (tertiary/aromatic N) is 1. The molecule has 3 aromatic carbocycles. The van der Waals surface area contributed by atoms with Crippen LogP contribution < -0.4 is 4.74 Å². The molecule has 0 fully saturated rings. The van der Waals surface area contributed by atoms with Gasteiger partial charge in [-0.3, -0.25) is 0 Å². The minimum absolute atomic E-state index is 0.0205. The van der Waals surface area contributed by atoms with Crippen LogP contribution in [-0.2, 0) is 16.6 Å². The Labute approximate surface area is 176 Å². The van der Waals surface area contributed by atoms with Crippen LogP contribution in [0.2, 0.25) is 0 Å². The summed E-state index contributed by atoms with van der Waals surface area (Å²) in [5, 5.41) is 9.37. The van der Waals surface area contributed by atoms with Crippen molar-refractivity contribution in [1.29, 1.82) is 0 Å². The van der Waals surface area contributed by atoms with Gasteiger partial charge in [0.15, 0.2) is 0 Å². The molecule has 0 aromatic heterocycles. The van der Waals surface area contributed by atoms with Gasteiger partial charge >= 0.3 is 0 Å². The summed E-state index contributed by atoms with van der Waals surface area (Å²) >= 11 is 0. The third kappa shape index (κ3) is 4.00. The standard InChI is InChI=1S/C24H21NO4S/c1-16-5-3-6-17(2)24(16)20-8-4-7-18(13-20)15-29-21-11-9-19(10-12-21)22-14-23(26)25-30(22,27)28/h3-14H,15H2,1-2H3,(H,25,26). The Morgan fingerprint density at radius 2 is 1.57 bits per heavy atom. The number of aliphatic hydroxyl groups is 1. The molecule has 0 bridgehead atoms. The molecule has 0 atom stereocenters. The largest absolute Gasteiger partial charge is 0.493 e. The number of hydrogen-bond donors (Lipinski definition) is 1. The first-order chi connectivity index (χ1) is 14.3. The highest BCUT2D eigenvalue weighted by Crippen LogP contribution is 2.30. The average Bonchev–Trinajstić information content (AvgIpc) is 2.99. The topological polar surface area (TPSA) is 76.0 Å². The Kier molecular flexibility index (Phi) is 5.18. The quantitative estimate of drug-likeness (QED) is 0.617. The first kappa shape index (κ1) is 19.9. The van der Waals surface area contributed by atoms with Crippen LogP contribution in [0.15, 0.2) is 77.2 Å². The third-order valence-electron chi connectivity index (χ3n) is 4.99. The zero-order valence-corrected chi connectivity index (χ0v) is 17.5. The van der Waals surface area contributed by atoms with Gasteiger partial charge in [-0.25, -0.2) is 0 Å². The second-order valence-corrected chi connectivity index (χ2v) is 8.79. The van der Waals surface area contributed by atoms with Crippen LogP contribution in [0, 0.1) is 13.8 Å². The van der Waals surface area contributed by atoms with Gasteiger partial charge in [0.1, 0.15) is 17.3 Å². The van der Waals surface area contributed by atoms with E-state index in [0.717, 1.165) is 17.2 Å². The zero-order valence-electron chi connectivity index (χ0n) is 16.7. The van der Waals surface area contributed by atoms with Gasteiger partial charge in [0.2, 0.25) is 5.90 Å². The maximum Gasteiger partial charge on any atom is 0.286 e. The number of rotatable bonds is 5. The summed E-state index contributed by atoms with van der Waals surface area (Å²) in [5.74, 6) is 0.117. The van der Waals surface area contributed by atoms with E-state index in [1.165, 1.54) is 16.7 Å². The number of sulfonamides is 1. The van der Waals surface area contributed by atoms with Gasteiger partial charge in [-0.2, -0.15) is 8.42 Å². The molecule has 0 saturated heterocycles. The SMILES string of the molecule is Cc1cccc(C)c1-c1cccc(COc2ccc(C3=CC(O)=NS3(=O)=O)cc2)c1. The number of hydrogen-bond acceptors (Lipinski definition) is 3. The van der Waals surface area contributed by atoms with Gasteiger partial charge in [0.05, 0.1) is 0 Å². The van der Waals surface area contributed by atoms with Crippen LogP contribution in [0.3, 0.4) is 0 Å². The normalized spacial score (nSPS) is 14.9. The van der Waals surface area contributed by atoms with E-state index in [-0.39, 0.29) is 4.91 Å². The summed E-state index contributed by atoms with van der Waals surface area (Å²) in [6.07, 6.45) is 1.14. The summed E-state index contributed by atoms with van der Waals surface area (Å²) in [6, 6.07) is 21.2. The van der Waals surface area contributed by atoms with E-state index in [9.17, 15) is 13.5 Å². The molecule has 0 amide bonds. The van der Waals surface area contributed by atoms with Gasteiger partial charge in [-0.1, -0.05) is 36.4 Å². The Bertz CT molecular complexity index is 1250. The molecule has 1 N–H and O–H groups in total. The first-order valence-electron chi connectivity index (χ1n) is 9.48. The number of aryl methyl sites for hydroxylation is 2. The van der Waals surface area contributed by atoms with E-state index in [2.05, 4.69) is 48.6 Å². The Morgan fingerprint density at radius 1 is 0.900 bits per heavy atom. The van der Waals surface area contributed by atoms with E-state index in [0.29, 0.717) is 17.9 Å². The van der Waals surface area contributed by atoms with Crippen molar-refractivity contribution >= 4 is 20.8 Å². The summed E-state index contributed by atoms with van der Waals surface area (Å²) in [4.78, 5) is -0.0205. The molecule has 6 heteroatoms. The number of benzene rings is 3. The van der Waals surface area contributed by atoms with Gasteiger partial charge in [-0.05, 0) is 77.6 Å². The fourth-order valence-corrected chi connectivity index (χ4v) is 4.68. The molecule has 30 heavy (non-hydrogen) atoms. The molecule has 0 saturated carbocycles. The maximum atomic E-state index is 11.9. The van der Waals surface area contributed by atoms with E-state index in [4.69, 9.17) is 4.74 Å². The molecular weight excluding hydrogens is 398 g/mol. The van der Waals surface area contributed by atoms with E-state index in [1.54, 1.807) is 24.3 Å². The predicted octanol–water partition coefficient (Wildman–Crippen LogP) is 5.19. The molecule has 4 rings (SSSR count). The lowest BCUT2D eigenvalue weighted by Crippen LogP contribution is -1.98.